The summed E-state index contributed by atoms with van der Waals surface area (Å²) in [6.07, 6.45) is 7.06. The Balaban J connectivity index is 0.000000193. The van der Waals surface area contributed by atoms with Crippen LogP contribution >= 0.6 is 62.3 Å². The number of rotatable bonds is 7. The van der Waals surface area contributed by atoms with Crippen LogP contribution in [-0.4, -0.2) is 68.6 Å². The fourth-order valence-electron chi connectivity index (χ4n) is 5.32. The monoisotopic (exact) mass is 930 g/mol. The Morgan fingerprint density at radius 1 is 0.741 bits per heavy atom. The Labute approximate surface area is 364 Å². The second kappa shape index (κ2) is 20.8. The molecule has 0 radical (unpaired) electrons. The van der Waals surface area contributed by atoms with Crippen molar-refractivity contribution in [3.8, 4) is 17.4 Å². The van der Waals surface area contributed by atoms with E-state index in [4.69, 9.17) is 70.5 Å². The summed E-state index contributed by atoms with van der Waals surface area (Å²) < 4.78 is 13.3. The quantitative estimate of drug-likeness (QED) is 0.141. The Morgan fingerprint density at radius 3 is 1.74 bits per heavy atom. The molecule has 3 N–H and O–H groups in total. The first-order valence-corrected chi connectivity index (χ1v) is 19.4. The maximum absolute atomic E-state index is 6.13. The number of ether oxygens (including phenoxy) is 2. The fourth-order valence-corrected chi connectivity index (χ4v) is 6.32. The summed E-state index contributed by atoms with van der Waals surface area (Å²) >= 11 is 27.5. The van der Waals surface area contributed by atoms with Crippen molar-refractivity contribution < 1.29 is 19.1 Å². The highest BCUT2D eigenvalue weighted by Gasteiger charge is 2.23. The number of pyridine rings is 2. The number of amidine groups is 2. The average molecular weight is 934 g/mol. The minimum atomic E-state index is -0.227. The third-order valence-electron chi connectivity index (χ3n) is 8.20. The summed E-state index contributed by atoms with van der Waals surface area (Å²) in [6.45, 7) is 4.64. The van der Waals surface area contributed by atoms with Gasteiger partial charge in [0.2, 0.25) is 11.8 Å². The molecule has 19 heteroatoms. The van der Waals surface area contributed by atoms with E-state index in [0.717, 1.165) is 32.7 Å². The summed E-state index contributed by atoms with van der Waals surface area (Å²) in [4.78, 5) is 40.2. The minimum absolute atomic E-state index is 0. The lowest BCUT2D eigenvalue weighted by atomic mass is 10.1. The van der Waals surface area contributed by atoms with Crippen LogP contribution in [0, 0.1) is 13.8 Å². The molecule has 2 aliphatic heterocycles. The van der Waals surface area contributed by atoms with Gasteiger partial charge in [0.15, 0.2) is 11.7 Å². The van der Waals surface area contributed by atoms with Gasteiger partial charge in [0.25, 0.3) is 0 Å². The number of nitrogens with zero attached hydrogens (tertiary/aromatic N) is 7. The lowest BCUT2D eigenvalue weighted by Gasteiger charge is -2.22. The standard InChI is InChI=1S/C19H17Cl2N5O2.C15H12BrCl2N3O2.C4H6N2.CH4/c1-11-8-26(10-22-11)17-6-5-15(24-19(17)27-2)18-23-16(9-28-25-18)12-3-4-13(20)14(21)7-12;1-22-15-9(16)3-5-12(20-15)14-19-13(7-23-21-14)8-2-4-10(17)11(18)6-8;1-4-2-5-3-6-4;/h3-8,10,16H,9H2,1-2H3,(H,23,25);2-6,13H,7H2,1H3,(H,19,21);2-3H,1H3,(H,5,6);1H4. The molecule has 0 amide bonds. The first-order chi connectivity index (χ1) is 27.5. The third-order valence-corrected chi connectivity index (χ3v) is 10.3. The predicted molar refractivity (Wildman–Crippen MR) is 231 cm³/mol. The zero-order valence-electron chi connectivity index (χ0n) is 30.8. The molecule has 6 aromatic rings. The number of hydrogen-bond donors (Lipinski definition) is 3. The van der Waals surface area contributed by atoms with E-state index >= 15 is 0 Å². The number of halogens is 5. The van der Waals surface area contributed by atoms with E-state index in [1.807, 2.05) is 61.0 Å². The molecule has 0 saturated carbocycles. The molecule has 2 unspecified atom stereocenters. The van der Waals surface area contributed by atoms with E-state index < -0.39 is 0 Å². The fraction of sp³-hybridized carbons (Fsp3) is 0.231. The number of hydroxylamine groups is 2. The summed E-state index contributed by atoms with van der Waals surface area (Å²) in [7, 11) is 3.13. The summed E-state index contributed by atoms with van der Waals surface area (Å²) in [6, 6.07) is 17.8. The highest BCUT2D eigenvalue weighted by Crippen LogP contribution is 2.31. The van der Waals surface area contributed by atoms with Crippen molar-refractivity contribution >= 4 is 74.0 Å². The highest BCUT2D eigenvalue weighted by molar-refractivity contribution is 9.10. The van der Waals surface area contributed by atoms with Gasteiger partial charge in [-0.3, -0.25) is 19.7 Å². The molecule has 6 heterocycles. The molecule has 2 atom stereocenters. The molecule has 2 aromatic carbocycles. The van der Waals surface area contributed by atoms with Crippen LogP contribution in [0.25, 0.3) is 5.69 Å². The molecule has 58 heavy (non-hydrogen) atoms. The number of aliphatic imine (C=N–C) groups is 2. The van der Waals surface area contributed by atoms with Crippen molar-refractivity contribution in [2.24, 2.45) is 9.98 Å². The van der Waals surface area contributed by atoms with Crippen LogP contribution in [0.15, 0.2) is 100 Å². The van der Waals surface area contributed by atoms with Crippen LogP contribution in [-0.2, 0) is 9.68 Å². The van der Waals surface area contributed by atoms with E-state index in [1.54, 1.807) is 57.3 Å². The normalized spacial score (nSPS) is 15.7. The van der Waals surface area contributed by atoms with Crippen LogP contribution in [0.5, 0.6) is 11.8 Å². The number of benzene rings is 2. The minimum Gasteiger partial charge on any atom is -0.480 e. The summed E-state index contributed by atoms with van der Waals surface area (Å²) in [5.41, 5.74) is 11.5. The van der Waals surface area contributed by atoms with Crippen LogP contribution in [0.3, 0.4) is 0 Å². The number of aryl methyl sites for hydroxylation is 2. The molecule has 0 aliphatic carbocycles. The molecule has 304 valence electrons. The molecule has 0 saturated heterocycles. The number of nitrogens with one attached hydrogen (secondary N) is 3. The van der Waals surface area contributed by atoms with Gasteiger partial charge in [-0.25, -0.2) is 30.9 Å². The topological polar surface area (TPSA) is 158 Å². The Morgan fingerprint density at radius 2 is 1.29 bits per heavy atom. The third kappa shape index (κ3) is 11.3. The predicted octanol–water partition coefficient (Wildman–Crippen LogP) is 9.45. The van der Waals surface area contributed by atoms with Gasteiger partial charge in [0.05, 0.1) is 57.1 Å². The maximum atomic E-state index is 6.13. The molecular formula is C39H39BrCl4N10O4. The van der Waals surface area contributed by atoms with Gasteiger partial charge in [-0.1, -0.05) is 66.0 Å². The lowest BCUT2D eigenvalue weighted by molar-refractivity contribution is 0.0620. The number of hydrogen-bond acceptors (Lipinski definition) is 12. The SMILES string of the molecule is C.COc1nc(C2=NC(c3ccc(Cl)c(Cl)c3)CON2)ccc1-n1cnc(C)c1.COc1nc(C2=NC(c3ccc(Cl)c(Cl)c3)CON2)ccc1Br.Cc1cnc[nH]1. The van der Waals surface area contributed by atoms with Crippen molar-refractivity contribution in [3.05, 3.63) is 144 Å². The molecular weight excluding hydrogens is 894 g/mol. The van der Waals surface area contributed by atoms with Gasteiger partial charge in [0.1, 0.15) is 42.4 Å². The van der Waals surface area contributed by atoms with Crippen molar-refractivity contribution in [2.45, 2.75) is 33.4 Å². The van der Waals surface area contributed by atoms with Gasteiger partial charge in [-0.2, -0.15) is 0 Å². The zero-order chi connectivity index (χ0) is 40.5. The second-order valence-corrected chi connectivity index (χ2v) is 14.7. The smallest absolute Gasteiger partial charge is 0.238 e. The number of methoxy groups -OCH3 is 2. The molecule has 0 bridgehead atoms. The van der Waals surface area contributed by atoms with Crippen LogP contribution in [0.2, 0.25) is 20.1 Å². The average Bonchev–Trinajstić information content (AvgIpc) is 3.91. The van der Waals surface area contributed by atoms with E-state index in [2.05, 4.69) is 56.8 Å². The molecule has 2 aliphatic rings. The maximum Gasteiger partial charge on any atom is 0.238 e. The Hall–Kier alpha value is -4.74. The molecule has 0 spiro atoms. The summed E-state index contributed by atoms with van der Waals surface area (Å²) in [5.74, 6) is 1.96. The number of H-pyrrole nitrogens is 1. The second-order valence-electron chi connectivity index (χ2n) is 12.2. The van der Waals surface area contributed by atoms with E-state index in [9.17, 15) is 0 Å². The van der Waals surface area contributed by atoms with Crippen LogP contribution in [0.4, 0.5) is 0 Å². The Bertz CT molecular complexity index is 2380. The number of aromatic amines is 1. The molecule has 4 aromatic heterocycles. The molecule has 0 fully saturated rings. The van der Waals surface area contributed by atoms with Crippen LogP contribution < -0.4 is 20.4 Å². The van der Waals surface area contributed by atoms with Gasteiger partial charge in [0, 0.05) is 18.1 Å². The first-order valence-electron chi connectivity index (χ1n) is 17.1. The first kappa shape index (κ1) is 44.4. The van der Waals surface area contributed by atoms with Crippen molar-refractivity contribution in [1.29, 1.82) is 0 Å². The van der Waals surface area contributed by atoms with Gasteiger partial charge >= 0.3 is 0 Å². The van der Waals surface area contributed by atoms with Gasteiger partial charge in [-0.05, 0) is 89.4 Å². The lowest BCUT2D eigenvalue weighted by Crippen LogP contribution is -2.33. The zero-order valence-corrected chi connectivity index (χ0v) is 35.4. The summed E-state index contributed by atoms with van der Waals surface area (Å²) in [5, 5.41) is 1.98. The number of aromatic nitrogens is 6. The largest absolute Gasteiger partial charge is 0.480 e. The molecule has 8 rings (SSSR count). The Kier molecular flexibility index (Phi) is 15.9. The molecule has 14 nitrogen and oxygen atoms in total. The van der Waals surface area contributed by atoms with Gasteiger partial charge in [-0.15, -0.1) is 0 Å². The highest BCUT2D eigenvalue weighted by atomic mass is 79.9. The van der Waals surface area contributed by atoms with Crippen molar-refractivity contribution in [2.75, 3.05) is 27.4 Å². The van der Waals surface area contributed by atoms with E-state index in [-0.39, 0.29) is 19.5 Å². The van der Waals surface area contributed by atoms with Crippen LogP contribution in [0.1, 0.15) is 53.4 Å². The van der Waals surface area contributed by atoms with Gasteiger partial charge < -0.3 is 19.0 Å². The number of imidazole rings is 2. The van der Waals surface area contributed by atoms with E-state index in [0.29, 0.717) is 68.1 Å². The van der Waals surface area contributed by atoms with Crippen molar-refractivity contribution in [1.82, 2.24) is 40.4 Å². The van der Waals surface area contributed by atoms with E-state index in [1.165, 1.54) is 0 Å². The van der Waals surface area contributed by atoms with Crippen molar-refractivity contribution in [3.63, 3.8) is 0 Å².